The van der Waals surface area contributed by atoms with Crippen molar-refractivity contribution in [2.45, 2.75) is 107 Å². The molecule has 0 saturated heterocycles. The van der Waals surface area contributed by atoms with E-state index in [-0.39, 0.29) is 57.3 Å². The number of hydrogen-bond donors (Lipinski definition) is 0. The van der Waals surface area contributed by atoms with Crippen LogP contribution in [-0.2, 0) is 59.3 Å². The summed E-state index contributed by atoms with van der Waals surface area (Å²) in [4.78, 5) is 0. The number of hydrogen-bond acceptors (Lipinski definition) is 0. The van der Waals surface area contributed by atoms with Crippen LogP contribution in [0.25, 0.3) is 23.3 Å². The van der Waals surface area contributed by atoms with Crippen molar-refractivity contribution in [1.82, 2.24) is 0 Å². The summed E-state index contributed by atoms with van der Waals surface area (Å²) in [7, 11) is 0. The minimum atomic E-state index is -0.138. The van der Waals surface area contributed by atoms with Gasteiger partial charge >= 0.3 is 198 Å². The second kappa shape index (κ2) is 26.4. The van der Waals surface area contributed by atoms with Gasteiger partial charge in [0.15, 0.2) is 0 Å². The third-order valence-electron chi connectivity index (χ3n) is 16.4. The van der Waals surface area contributed by atoms with Gasteiger partial charge in [0.05, 0.1) is 0 Å². The van der Waals surface area contributed by atoms with E-state index < -0.39 is 0 Å². The molecule has 0 saturated carbocycles. The van der Waals surface area contributed by atoms with E-state index in [1.165, 1.54) is 143 Å². The normalized spacial score (nSPS) is 18.6. The Balaban J connectivity index is 0.000000162. The zero-order valence-electron chi connectivity index (χ0n) is 50.1. The SMILES string of the molecule is CC(C)(C)c1ccc2c(c1)=CC1=[C-]C(C3=CC=CC3)(C(C)(C)C)C=CC=21.CC(C)(C)c1ccc2c(c1)=CC1=[C-]C(C3=CC=CC3)(C(C)(C)C)C=CC=21.[Cl-].[Cl-].[Zr]=[C](c1ccccc1)c1ccccc1.[Zr]=[C](c1ccccc1)c1ccccc1. The van der Waals surface area contributed by atoms with Crippen molar-refractivity contribution >= 4 is 29.7 Å². The van der Waals surface area contributed by atoms with Crippen LogP contribution >= 0.6 is 0 Å². The van der Waals surface area contributed by atoms with E-state index in [0.717, 1.165) is 12.8 Å². The van der Waals surface area contributed by atoms with Gasteiger partial charge in [0.1, 0.15) is 0 Å². The number of halogens is 2. The molecule has 0 aliphatic heterocycles. The second-order valence-electron chi connectivity index (χ2n) is 25.9. The topological polar surface area (TPSA) is 0 Å². The van der Waals surface area contributed by atoms with Crippen LogP contribution in [0.15, 0.2) is 241 Å². The first-order valence-electron chi connectivity index (χ1n) is 28.5. The molecule has 4 heteroatoms. The Morgan fingerprint density at radius 1 is 0.415 bits per heavy atom. The molecule has 6 aliphatic carbocycles. The quantitative estimate of drug-likeness (QED) is 0.146. The van der Waals surface area contributed by atoms with E-state index in [9.17, 15) is 0 Å². The Morgan fingerprint density at radius 2 is 0.720 bits per heavy atom. The standard InChI is InChI=1S/2C26H29.2C13H10.2ClH.2Zr/c2*1-24(2,3)21-11-12-22-18(16-21)15-19-17-26(25(4,5)6,14-13-23(19)22)20-9-7-8-10-20;2*1-3-7-12(8-4-1)11-13-9-5-2-6-10-13;;;;/h2*7-9,11-16H,10H2,1-6H3;2*1-10H;2*1H;;/q2*-1;;;;;;/p-2. The summed E-state index contributed by atoms with van der Waals surface area (Å²) >= 11 is 2.92. The average molecular weight is 1270 g/mol. The fourth-order valence-corrected chi connectivity index (χ4v) is 13.1. The molecule has 6 aromatic rings. The summed E-state index contributed by atoms with van der Waals surface area (Å²) in [5.41, 5.74) is 16.4. The molecule has 0 radical (unpaired) electrons. The van der Waals surface area contributed by atoms with E-state index in [1.54, 1.807) is 0 Å². The average Bonchev–Trinajstić information content (AvgIpc) is 4.47. The van der Waals surface area contributed by atoms with Crippen molar-refractivity contribution in [2.24, 2.45) is 21.7 Å². The molecule has 2 atom stereocenters. The van der Waals surface area contributed by atoms with Gasteiger partial charge in [0, 0.05) is 0 Å². The second-order valence-corrected chi connectivity index (χ2v) is 28.4. The molecule has 0 amide bonds. The summed E-state index contributed by atoms with van der Waals surface area (Å²) < 4.78 is 2.83. The van der Waals surface area contributed by atoms with Crippen LogP contribution < -0.4 is 45.7 Å². The van der Waals surface area contributed by atoms with Gasteiger partial charge < -0.3 is 24.8 Å². The number of fused-ring (bicyclic) bond motifs is 4. The van der Waals surface area contributed by atoms with Crippen LogP contribution in [0.4, 0.5) is 0 Å². The molecule has 0 fully saturated rings. The molecule has 0 aromatic heterocycles. The van der Waals surface area contributed by atoms with Gasteiger partial charge in [0.25, 0.3) is 0 Å². The van der Waals surface area contributed by atoms with Crippen molar-refractivity contribution in [3.63, 3.8) is 0 Å². The molecule has 6 aliphatic rings. The molecule has 0 heterocycles. The molecular formula is C78H78Cl2Zr2-4. The predicted octanol–water partition coefficient (Wildman–Crippen LogP) is 9.91. The van der Waals surface area contributed by atoms with Crippen LogP contribution in [0.2, 0.25) is 0 Å². The van der Waals surface area contributed by atoms with E-state index in [1.807, 2.05) is 0 Å². The van der Waals surface area contributed by atoms with Gasteiger partial charge in [0.2, 0.25) is 0 Å². The number of allylic oxidation sites excluding steroid dienone is 16. The Labute approximate surface area is 533 Å². The molecule has 416 valence electrons. The zero-order valence-corrected chi connectivity index (χ0v) is 56.5. The molecule has 82 heavy (non-hydrogen) atoms. The summed E-state index contributed by atoms with van der Waals surface area (Å²) in [5.74, 6) is 0. The molecule has 6 aromatic carbocycles. The molecular weight excluding hydrogens is 1190 g/mol. The van der Waals surface area contributed by atoms with Crippen molar-refractivity contribution in [3.05, 3.63) is 307 Å². The first-order valence-corrected chi connectivity index (χ1v) is 31.0. The number of benzene rings is 6. The van der Waals surface area contributed by atoms with E-state index in [2.05, 4.69) is 326 Å². The van der Waals surface area contributed by atoms with Crippen molar-refractivity contribution in [2.75, 3.05) is 0 Å². The van der Waals surface area contributed by atoms with Crippen LogP contribution in [0, 0.1) is 33.8 Å². The van der Waals surface area contributed by atoms with Gasteiger partial charge in [-0.2, -0.15) is 35.5 Å². The first-order chi connectivity index (χ1) is 38.0. The van der Waals surface area contributed by atoms with Gasteiger partial charge in [-0.3, -0.25) is 0 Å². The molecule has 0 nitrogen and oxygen atoms in total. The van der Waals surface area contributed by atoms with Crippen LogP contribution in [-0.4, -0.2) is 6.41 Å². The van der Waals surface area contributed by atoms with Crippen LogP contribution in [0.5, 0.6) is 0 Å². The third-order valence-corrected chi connectivity index (χ3v) is 19.3. The minimum absolute atomic E-state index is 0. The molecule has 12 rings (SSSR count). The van der Waals surface area contributed by atoms with Gasteiger partial charge in [-0.15, -0.1) is 23.3 Å². The Kier molecular flexibility index (Phi) is 20.7. The van der Waals surface area contributed by atoms with E-state index >= 15 is 0 Å². The Bertz CT molecular complexity index is 3510. The maximum atomic E-state index is 3.94. The molecule has 0 N–H and O–H groups in total. The third kappa shape index (κ3) is 14.0. The molecule has 0 spiro atoms. The summed E-state index contributed by atoms with van der Waals surface area (Å²) in [6, 6.07) is 56.1. The van der Waals surface area contributed by atoms with Crippen molar-refractivity contribution in [1.29, 1.82) is 0 Å². The van der Waals surface area contributed by atoms with Gasteiger partial charge in [-0.25, -0.2) is 0 Å². The van der Waals surface area contributed by atoms with E-state index in [4.69, 9.17) is 0 Å². The van der Waals surface area contributed by atoms with Gasteiger partial charge in [-0.1, -0.05) is 200 Å². The van der Waals surface area contributed by atoms with Crippen molar-refractivity contribution in [3.8, 4) is 0 Å². The monoisotopic (exact) mass is 1260 g/mol. The first kappa shape index (κ1) is 64.4. The van der Waals surface area contributed by atoms with Gasteiger partial charge in [-0.05, 0) is 56.5 Å². The Morgan fingerprint density at radius 3 is 0.976 bits per heavy atom. The fourth-order valence-electron chi connectivity index (χ4n) is 11.5. The Hall–Kier alpha value is -5.19. The number of rotatable bonds is 6. The van der Waals surface area contributed by atoms with E-state index in [0.29, 0.717) is 0 Å². The van der Waals surface area contributed by atoms with Crippen LogP contribution in [0.1, 0.15) is 129 Å². The molecule has 0 bridgehead atoms. The summed E-state index contributed by atoms with van der Waals surface area (Å²) in [6.45, 7) is 27.6. The molecule has 2 unspecified atom stereocenters. The maximum absolute atomic E-state index is 3.94. The zero-order chi connectivity index (χ0) is 57.1. The van der Waals surface area contributed by atoms with Crippen molar-refractivity contribution < 1.29 is 73.3 Å². The summed E-state index contributed by atoms with van der Waals surface area (Å²) in [5, 5.41) is 5.36. The van der Waals surface area contributed by atoms with Crippen LogP contribution in [0.3, 0.4) is 0 Å². The predicted molar refractivity (Wildman–Crippen MR) is 336 cm³/mol. The summed E-state index contributed by atoms with van der Waals surface area (Å²) in [6.07, 6.45) is 37.5. The fraction of sp³-hybridized carbons (Fsp3) is 0.256.